The second-order valence-electron chi connectivity index (χ2n) is 7.20. The number of hydrogen-bond donors (Lipinski definition) is 1. The van der Waals surface area contributed by atoms with Gasteiger partial charge in [-0.2, -0.15) is 0 Å². The molecule has 0 bridgehead atoms. The van der Waals surface area contributed by atoms with E-state index in [0.29, 0.717) is 19.3 Å². The molecule has 1 aliphatic rings. The molecule has 0 aliphatic carbocycles. The smallest absolute Gasteiger partial charge is 0.303 e. The zero-order valence-corrected chi connectivity index (χ0v) is 15.9. The molecule has 6 nitrogen and oxygen atoms in total. The normalized spacial score (nSPS) is 17.9. The highest BCUT2D eigenvalue weighted by molar-refractivity contribution is 6.13. The van der Waals surface area contributed by atoms with Crippen LogP contribution in [0.5, 0.6) is 0 Å². The molecule has 4 rings (SSSR count). The van der Waals surface area contributed by atoms with Crippen LogP contribution in [0.3, 0.4) is 0 Å². The molecule has 2 aromatic carbocycles. The first-order valence-corrected chi connectivity index (χ1v) is 9.58. The zero-order chi connectivity index (χ0) is 20.3. The van der Waals surface area contributed by atoms with Crippen LogP contribution in [0.1, 0.15) is 30.5 Å². The number of hydrogen-bond acceptors (Lipinski definition) is 4. The maximum absolute atomic E-state index is 13.9. The van der Waals surface area contributed by atoms with Crippen molar-refractivity contribution in [3.63, 3.8) is 0 Å². The van der Waals surface area contributed by atoms with Gasteiger partial charge in [0, 0.05) is 30.4 Å². The van der Waals surface area contributed by atoms with Crippen LogP contribution in [0.25, 0.3) is 0 Å². The van der Waals surface area contributed by atoms with Gasteiger partial charge in [-0.1, -0.05) is 36.4 Å². The average molecular weight is 387 g/mol. The summed E-state index contributed by atoms with van der Waals surface area (Å²) >= 11 is 0. The lowest BCUT2D eigenvalue weighted by atomic mass is 9.73. The van der Waals surface area contributed by atoms with E-state index >= 15 is 0 Å². The van der Waals surface area contributed by atoms with Crippen molar-refractivity contribution in [2.75, 3.05) is 4.90 Å². The minimum absolute atomic E-state index is 0.0201. The Bertz CT molecular complexity index is 1020. The molecule has 0 radical (unpaired) electrons. The molecule has 1 atom stereocenters. The third-order valence-corrected chi connectivity index (χ3v) is 5.41. The first-order valence-electron chi connectivity index (χ1n) is 9.58. The Hall–Kier alpha value is -3.54. The second-order valence-corrected chi connectivity index (χ2v) is 7.20. The first-order chi connectivity index (χ1) is 14.1. The van der Waals surface area contributed by atoms with Crippen molar-refractivity contribution >= 4 is 23.3 Å². The summed E-state index contributed by atoms with van der Waals surface area (Å²) in [7, 11) is 0. The maximum atomic E-state index is 13.9. The summed E-state index contributed by atoms with van der Waals surface area (Å²) in [5.74, 6) is -0.908. The van der Waals surface area contributed by atoms with E-state index in [0.717, 1.165) is 22.6 Å². The highest BCUT2D eigenvalue weighted by atomic mass is 16.4. The SMILES string of the molecule is O=C(O)CCCC1(Cc2ccncn2)C(=O)N(c2ccccc2)c2ccccc21. The molecule has 1 unspecified atom stereocenters. The molecular formula is C23H21N3O3. The number of amides is 1. The van der Waals surface area contributed by atoms with E-state index in [1.807, 2.05) is 54.6 Å². The van der Waals surface area contributed by atoms with Crippen LogP contribution in [0.2, 0.25) is 0 Å². The van der Waals surface area contributed by atoms with Crippen LogP contribution in [0, 0.1) is 0 Å². The van der Waals surface area contributed by atoms with Gasteiger partial charge in [0.15, 0.2) is 0 Å². The molecule has 1 aromatic heterocycles. The van der Waals surface area contributed by atoms with Crippen LogP contribution in [-0.2, 0) is 21.4 Å². The van der Waals surface area contributed by atoms with E-state index in [4.69, 9.17) is 5.11 Å². The molecule has 1 aliphatic heterocycles. The molecule has 0 spiro atoms. The molecular weight excluding hydrogens is 366 g/mol. The first kappa shape index (κ1) is 18.8. The van der Waals surface area contributed by atoms with Gasteiger partial charge in [-0.05, 0) is 42.7 Å². The van der Waals surface area contributed by atoms with Crippen molar-refractivity contribution in [3.8, 4) is 0 Å². The Morgan fingerprint density at radius 1 is 1.03 bits per heavy atom. The number of benzene rings is 2. The van der Waals surface area contributed by atoms with Crippen LogP contribution in [0.15, 0.2) is 73.2 Å². The van der Waals surface area contributed by atoms with Gasteiger partial charge in [0.2, 0.25) is 5.91 Å². The number of fused-ring (bicyclic) bond motifs is 1. The molecule has 0 saturated heterocycles. The van der Waals surface area contributed by atoms with Crippen LogP contribution in [0.4, 0.5) is 11.4 Å². The Morgan fingerprint density at radius 3 is 2.52 bits per heavy atom. The van der Waals surface area contributed by atoms with E-state index in [1.165, 1.54) is 6.33 Å². The standard InChI is InChI=1S/C23H21N3O3/c27-21(28)11-6-13-23(15-17-12-14-24-16-25-17)19-9-4-5-10-20(19)26(22(23)29)18-7-2-1-3-8-18/h1-5,7-10,12,14,16H,6,11,13,15H2,(H,27,28). The fraction of sp³-hybridized carbons (Fsp3) is 0.217. The molecule has 29 heavy (non-hydrogen) atoms. The van der Waals surface area contributed by atoms with Crippen LogP contribution in [-0.4, -0.2) is 27.0 Å². The predicted octanol–water partition coefficient (Wildman–Crippen LogP) is 3.89. The van der Waals surface area contributed by atoms with Gasteiger partial charge in [0.25, 0.3) is 0 Å². The van der Waals surface area contributed by atoms with Crippen LogP contribution >= 0.6 is 0 Å². The average Bonchev–Trinajstić information content (AvgIpc) is 2.97. The van der Waals surface area contributed by atoms with E-state index in [2.05, 4.69) is 9.97 Å². The number of rotatable bonds is 7. The van der Waals surface area contributed by atoms with Crippen molar-refractivity contribution in [2.24, 2.45) is 0 Å². The predicted molar refractivity (Wildman–Crippen MR) is 109 cm³/mol. The van der Waals surface area contributed by atoms with Gasteiger partial charge in [0.1, 0.15) is 6.33 Å². The van der Waals surface area contributed by atoms with Crippen LogP contribution < -0.4 is 4.90 Å². The molecule has 0 fully saturated rings. The number of carbonyl (C=O) groups excluding carboxylic acids is 1. The van der Waals surface area contributed by atoms with Crippen molar-refractivity contribution in [1.29, 1.82) is 0 Å². The minimum Gasteiger partial charge on any atom is -0.481 e. The number of aromatic nitrogens is 2. The number of carboxylic acids is 1. The Balaban J connectivity index is 1.82. The lowest BCUT2D eigenvalue weighted by Crippen LogP contribution is -2.40. The summed E-state index contributed by atoms with van der Waals surface area (Å²) in [6.07, 6.45) is 4.39. The molecule has 146 valence electrons. The number of anilines is 2. The van der Waals surface area contributed by atoms with Crippen molar-refractivity contribution in [2.45, 2.75) is 31.1 Å². The molecule has 3 aromatic rings. The zero-order valence-electron chi connectivity index (χ0n) is 15.9. The minimum atomic E-state index is -0.865. The highest BCUT2D eigenvalue weighted by Crippen LogP contribution is 2.49. The van der Waals surface area contributed by atoms with E-state index in [-0.39, 0.29) is 12.3 Å². The van der Waals surface area contributed by atoms with Crippen molar-refractivity contribution in [1.82, 2.24) is 9.97 Å². The summed E-state index contributed by atoms with van der Waals surface area (Å²) < 4.78 is 0. The monoisotopic (exact) mass is 387 g/mol. The van der Waals surface area contributed by atoms with Gasteiger partial charge in [-0.15, -0.1) is 0 Å². The van der Waals surface area contributed by atoms with E-state index in [1.54, 1.807) is 17.2 Å². The number of aliphatic carboxylic acids is 1. The van der Waals surface area contributed by atoms with Crippen molar-refractivity contribution < 1.29 is 14.7 Å². The van der Waals surface area contributed by atoms with Gasteiger partial charge in [0.05, 0.1) is 11.1 Å². The van der Waals surface area contributed by atoms with E-state index < -0.39 is 11.4 Å². The number of carbonyl (C=O) groups is 2. The molecule has 6 heteroatoms. The third kappa shape index (κ3) is 3.49. The fourth-order valence-corrected chi connectivity index (χ4v) is 4.12. The Labute approximate surface area is 168 Å². The second kappa shape index (κ2) is 7.83. The highest BCUT2D eigenvalue weighted by Gasteiger charge is 2.51. The molecule has 1 N–H and O–H groups in total. The molecule has 1 amide bonds. The van der Waals surface area contributed by atoms with E-state index in [9.17, 15) is 9.59 Å². The van der Waals surface area contributed by atoms with Gasteiger partial charge in [-0.25, -0.2) is 9.97 Å². The summed E-state index contributed by atoms with van der Waals surface area (Å²) in [6, 6.07) is 19.1. The summed E-state index contributed by atoms with van der Waals surface area (Å²) in [5.41, 5.74) is 2.45. The summed E-state index contributed by atoms with van der Waals surface area (Å²) in [5, 5.41) is 9.14. The molecule has 2 heterocycles. The topological polar surface area (TPSA) is 83.4 Å². The lowest BCUT2D eigenvalue weighted by Gasteiger charge is -2.28. The largest absolute Gasteiger partial charge is 0.481 e. The maximum Gasteiger partial charge on any atom is 0.303 e. The quantitative estimate of drug-likeness (QED) is 0.665. The number of carboxylic acid groups (broad SMARTS) is 1. The van der Waals surface area contributed by atoms with Gasteiger partial charge >= 0.3 is 5.97 Å². The Morgan fingerprint density at radius 2 is 1.79 bits per heavy atom. The van der Waals surface area contributed by atoms with Crippen molar-refractivity contribution in [3.05, 3.63) is 84.4 Å². The number of nitrogens with zero attached hydrogens (tertiary/aromatic N) is 3. The third-order valence-electron chi connectivity index (χ3n) is 5.41. The lowest BCUT2D eigenvalue weighted by molar-refractivity contribution is -0.137. The Kier molecular flexibility index (Phi) is 5.08. The number of para-hydroxylation sites is 2. The summed E-state index contributed by atoms with van der Waals surface area (Å²) in [4.78, 5) is 35.1. The molecule has 0 saturated carbocycles. The van der Waals surface area contributed by atoms with Gasteiger partial charge in [-0.3, -0.25) is 14.5 Å². The van der Waals surface area contributed by atoms with Gasteiger partial charge < -0.3 is 5.11 Å². The summed E-state index contributed by atoms with van der Waals surface area (Å²) in [6.45, 7) is 0. The fourth-order valence-electron chi connectivity index (χ4n) is 4.12.